The molecule has 0 fully saturated rings. The summed E-state index contributed by atoms with van der Waals surface area (Å²) in [6.45, 7) is 1.79. The van der Waals surface area contributed by atoms with Gasteiger partial charge in [0.1, 0.15) is 10.8 Å². The van der Waals surface area contributed by atoms with Crippen LogP contribution in [0.25, 0.3) is 11.4 Å². The van der Waals surface area contributed by atoms with Gasteiger partial charge in [-0.2, -0.15) is 13.2 Å². The molecule has 7 heteroatoms. The first-order chi connectivity index (χ1) is 12.3. The van der Waals surface area contributed by atoms with Crippen LogP contribution in [0.4, 0.5) is 17.6 Å². The molecule has 0 spiro atoms. The number of benzene rings is 2. The maximum absolute atomic E-state index is 13.2. The Bertz CT molecular complexity index is 908. The van der Waals surface area contributed by atoms with E-state index in [1.807, 2.05) is 6.07 Å². The lowest BCUT2D eigenvalue weighted by Gasteiger charge is -2.09. The molecule has 2 aromatic carbocycles. The van der Waals surface area contributed by atoms with Crippen molar-refractivity contribution < 1.29 is 17.6 Å². The van der Waals surface area contributed by atoms with Crippen LogP contribution in [0.3, 0.4) is 0 Å². The van der Waals surface area contributed by atoms with Gasteiger partial charge in [-0.25, -0.2) is 14.4 Å². The van der Waals surface area contributed by atoms with Crippen LogP contribution in [0.1, 0.15) is 16.8 Å². The summed E-state index contributed by atoms with van der Waals surface area (Å²) in [5, 5.41) is 0.677. The molecular weight excluding hydrogens is 364 g/mol. The van der Waals surface area contributed by atoms with Crippen LogP contribution in [0.2, 0.25) is 0 Å². The first kappa shape index (κ1) is 18.4. The Labute approximate surface area is 152 Å². The smallest absolute Gasteiger partial charge is 0.233 e. The van der Waals surface area contributed by atoms with Crippen molar-refractivity contribution in [1.29, 1.82) is 0 Å². The molecule has 0 unspecified atom stereocenters. The van der Waals surface area contributed by atoms with Crippen molar-refractivity contribution in [2.75, 3.05) is 0 Å². The molecule has 134 valence electrons. The summed E-state index contributed by atoms with van der Waals surface area (Å²) < 4.78 is 51.3. The Balaban J connectivity index is 1.81. The number of hydrogen-bond acceptors (Lipinski definition) is 3. The predicted octanol–water partition coefficient (Wildman–Crippen LogP) is 5.90. The Morgan fingerprint density at radius 1 is 0.962 bits per heavy atom. The first-order valence-corrected chi connectivity index (χ1v) is 8.70. The molecule has 0 bridgehead atoms. The number of hydrogen-bond donors (Lipinski definition) is 0. The van der Waals surface area contributed by atoms with Crippen molar-refractivity contribution in [2.24, 2.45) is 0 Å². The van der Waals surface area contributed by atoms with E-state index in [-0.39, 0.29) is 5.82 Å². The number of rotatable bonds is 4. The molecule has 3 aromatic rings. The van der Waals surface area contributed by atoms with Gasteiger partial charge in [-0.05, 0) is 42.8 Å². The van der Waals surface area contributed by atoms with E-state index in [0.717, 1.165) is 17.7 Å². The summed E-state index contributed by atoms with van der Waals surface area (Å²) in [6, 6.07) is 12.8. The normalized spacial score (nSPS) is 11.6. The van der Waals surface area contributed by atoms with E-state index in [0.29, 0.717) is 27.9 Å². The largest absolute Gasteiger partial charge is 0.416 e. The average molecular weight is 378 g/mol. The Morgan fingerprint density at radius 2 is 1.69 bits per heavy atom. The summed E-state index contributed by atoms with van der Waals surface area (Å²) in [5.74, 6) is 0.591. The van der Waals surface area contributed by atoms with E-state index in [1.165, 1.54) is 36.0 Å². The van der Waals surface area contributed by atoms with Crippen molar-refractivity contribution in [3.05, 3.63) is 77.2 Å². The zero-order valence-corrected chi connectivity index (χ0v) is 14.5. The van der Waals surface area contributed by atoms with Crippen molar-refractivity contribution >= 4 is 11.8 Å². The minimum absolute atomic E-state index is 0.299. The fourth-order valence-electron chi connectivity index (χ4n) is 2.34. The van der Waals surface area contributed by atoms with Crippen LogP contribution in [-0.4, -0.2) is 9.97 Å². The topological polar surface area (TPSA) is 25.8 Å². The highest BCUT2D eigenvalue weighted by atomic mass is 32.2. The summed E-state index contributed by atoms with van der Waals surface area (Å²) in [4.78, 5) is 8.71. The molecule has 1 aromatic heterocycles. The highest BCUT2D eigenvalue weighted by molar-refractivity contribution is 7.98. The zero-order chi connectivity index (χ0) is 18.7. The number of nitrogens with zero attached hydrogens (tertiary/aromatic N) is 2. The van der Waals surface area contributed by atoms with Gasteiger partial charge in [-0.3, -0.25) is 0 Å². The minimum atomic E-state index is -4.38. The molecular formula is C19H14F4N2S. The fourth-order valence-corrected chi connectivity index (χ4v) is 3.23. The van der Waals surface area contributed by atoms with Crippen LogP contribution >= 0.6 is 11.8 Å². The van der Waals surface area contributed by atoms with Gasteiger partial charge in [0.25, 0.3) is 0 Å². The number of halogens is 4. The van der Waals surface area contributed by atoms with Gasteiger partial charge in [0.05, 0.1) is 5.56 Å². The van der Waals surface area contributed by atoms with Crippen LogP contribution in [0, 0.1) is 12.7 Å². The lowest BCUT2D eigenvalue weighted by molar-refractivity contribution is -0.137. The third-order valence-electron chi connectivity index (χ3n) is 3.58. The maximum Gasteiger partial charge on any atom is 0.416 e. The molecule has 26 heavy (non-hydrogen) atoms. The lowest BCUT2D eigenvalue weighted by atomic mass is 10.1. The van der Waals surface area contributed by atoms with Gasteiger partial charge in [0, 0.05) is 17.0 Å². The predicted molar refractivity (Wildman–Crippen MR) is 93.2 cm³/mol. The van der Waals surface area contributed by atoms with Crippen LogP contribution in [-0.2, 0) is 11.9 Å². The summed E-state index contributed by atoms with van der Waals surface area (Å²) in [5.41, 5.74) is 1.32. The fraction of sp³-hybridized carbons (Fsp3) is 0.158. The maximum atomic E-state index is 13.2. The molecule has 0 atom stereocenters. The quantitative estimate of drug-likeness (QED) is 0.321. The SMILES string of the molecule is Cc1cc(SCc2cccc(F)c2)nc(-c2ccc(C(F)(F)F)cc2)n1. The Kier molecular flexibility index (Phi) is 5.27. The van der Waals surface area contributed by atoms with E-state index >= 15 is 0 Å². The van der Waals surface area contributed by atoms with Crippen molar-refractivity contribution in [3.63, 3.8) is 0 Å². The summed E-state index contributed by atoms with van der Waals surface area (Å²) in [7, 11) is 0. The summed E-state index contributed by atoms with van der Waals surface area (Å²) in [6.07, 6.45) is -4.38. The van der Waals surface area contributed by atoms with Gasteiger partial charge in [-0.15, -0.1) is 11.8 Å². The number of alkyl halides is 3. The monoisotopic (exact) mass is 378 g/mol. The first-order valence-electron chi connectivity index (χ1n) is 7.72. The van der Waals surface area contributed by atoms with Crippen molar-refractivity contribution in [3.8, 4) is 11.4 Å². The average Bonchev–Trinajstić information content (AvgIpc) is 2.59. The van der Waals surface area contributed by atoms with E-state index in [4.69, 9.17) is 0 Å². The van der Waals surface area contributed by atoms with Crippen LogP contribution < -0.4 is 0 Å². The van der Waals surface area contributed by atoms with Gasteiger partial charge < -0.3 is 0 Å². The molecule has 0 amide bonds. The standard InChI is InChI=1S/C19H14F4N2S/c1-12-9-17(26-11-13-3-2-4-16(20)10-13)25-18(24-12)14-5-7-15(8-6-14)19(21,22)23/h2-10H,11H2,1H3. The minimum Gasteiger partial charge on any atom is -0.233 e. The molecule has 3 rings (SSSR count). The van der Waals surface area contributed by atoms with Gasteiger partial charge >= 0.3 is 6.18 Å². The summed E-state index contributed by atoms with van der Waals surface area (Å²) >= 11 is 1.41. The molecule has 0 N–H and O–H groups in total. The van der Waals surface area contributed by atoms with Gasteiger partial charge in [-0.1, -0.05) is 24.3 Å². The van der Waals surface area contributed by atoms with E-state index < -0.39 is 11.7 Å². The number of aryl methyl sites for hydroxylation is 1. The van der Waals surface area contributed by atoms with Crippen molar-refractivity contribution in [1.82, 2.24) is 9.97 Å². The Hall–Kier alpha value is -2.41. The molecule has 0 saturated carbocycles. The molecule has 0 aliphatic carbocycles. The van der Waals surface area contributed by atoms with Gasteiger partial charge in [0.2, 0.25) is 0 Å². The zero-order valence-electron chi connectivity index (χ0n) is 13.7. The van der Waals surface area contributed by atoms with Gasteiger partial charge in [0.15, 0.2) is 5.82 Å². The molecule has 1 heterocycles. The molecule has 0 aliphatic heterocycles. The highest BCUT2D eigenvalue weighted by Gasteiger charge is 2.30. The number of thioether (sulfide) groups is 1. The highest BCUT2D eigenvalue weighted by Crippen LogP contribution is 2.31. The van der Waals surface area contributed by atoms with Crippen molar-refractivity contribution in [2.45, 2.75) is 23.9 Å². The lowest BCUT2D eigenvalue weighted by Crippen LogP contribution is -2.04. The second kappa shape index (κ2) is 7.45. The second-order valence-corrected chi connectivity index (χ2v) is 6.66. The van der Waals surface area contributed by atoms with Crippen LogP contribution in [0.15, 0.2) is 59.6 Å². The molecule has 0 saturated heterocycles. The third kappa shape index (κ3) is 4.60. The number of aromatic nitrogens is 2. The molecule has 0 radical (unpaired) electrons. The van der Waals surface area contributed by atoms with E-state index in [2.05, 4.69) is 9.97 Å². The molecule has 2 nitrogen and oxygen atoms in total. The second-order valence-electron chi connectivity index (χ2n) is 5.66. The van der Waals surface area contributed by atoms with E-state index in [9.17, 15) is 17.6 Å². The Morgan fingerprint density at radius 3 is 2.35 bits per heavy atom. The molecule has 0 aliphatic rings. The van der Waals surface area contributed by atoms with Crippen LogP contribution in [0.5, 0.6) is 0 Å². The third-order valence-corrected chi connectivity index (χ3v) is 4.56. The van der Waals surface area contributed by atoms with E-state index in [1.54, 1.807) is 19.1 Å².